The second-order valence-electron chi connectivity index (χ2n) is 9.74. The van der Waals surface area contributed by atoms with Crippen LogP contribution in [-0.2, 0) is 0 Å². The van der Waals surface area contributed by atoms with Crippen molar-refractivity contribution in [2.45, 2.75) is 0 Å². The van der Waals surface area contributed by atoms with Gasteiger partial charge in [-0.15, -0.1) is 0 Å². The summed E-state index contributed by atoms with van der Waals surface area (Å²) in [5, 5.41) is 8.77. The summed E-state index contributed by atoms with van der Waals surface area (Å²) in [4.78, 5) is 0. The van der Waals surface area contributed by atoms with Gasteiger partial charge in [-0.05, 0) is 72.8 Å². The van der Waals surface area contributed by atoms with Gasteiger partial charge in [0.05, 0.1) is 0 Å². The lowest BCUT2D eigenvalue weighted by molar-refractivity contribution is 0.632. The molecular weight excluding hydrogens is 448 g/mol. The van der Waals surface area contributed by atoms with Gasteiger partial charge in [0.25, 0.3) is 0 Å². The molecule has 37 heavy (non-hydrogen) atoms. The molecule has 0 saturated carbocycles. The second-order valence-corrected chi connectivity index (χ2v) is 9.74. The molecule has 0 bridgehead atoms. The number of benzene rings is 7. The van der Waals surface area contributed by atoms with Gasteiger partial charge in [0.15, 0.2) is 0 Å². The Labute approximate surface area is 214 Å². The van der Waals surface area contributed by atoms with E-state index < -0.39 is 0 Å². The molecule has 0 aliphatic rings. The molecule has 0 aliphatic heterocycles. The molecule has 172 valence electrons. The first-order valence-corrected chi connectivity index (χ1v) is 12.7. The fourth-order valence-corrected chi connectivity index (χ4v) is 5.86. The Kier molecular flexibility index (Phi) is 4.29. The third kappa shape index (κ3) is 3.11. The Morgan fingerprint density at radius 3 is 1.76 bits per heavy atom. The summed E-state index contributed by atoms with van der Waals surface area (Å²) >= 11 is 0. The molecule has 0 atom stereocenters. The van der Waals surface area contributed by atoms with Crippen molar-refractivity contribution >= 4 is 43.3 Å². The molecule has 0 saturated heterocycles. The van der Waals surface area contributed by atoms with Gasteiger partial charge in [0, 0.05) is 10.9 Å². The van der Waals surface area contributed by atoms with Gasteiger partial charge < -0.3 is 4.42 Å². The number of furan rings is 1. The van der Waals surface area contributed by atoms with E-state index in [2.05, 4.69) is 121 Å². The maximum atomic E-state index is 6.41. The third-order valence-electron chi connectivity index (χ3n) is 7.64. The molecule has 1 nitrogen and oxygen atoms in total. The number of hydrogen-bond donors (Lipinski definition) is 0. The van der Waals surface area contributed by atoms with Crippen molar-refractivity contribution < 1.29 is 4.42 Å². The summed E-state index contributed by atoms with van der Waals surface area (Å²) in [6.07, 6.45) is 0. The average Bonchev–Trinajstić information content (AvgIpc) is 3.40. The summed E-state index contributed by atoms with van der Waals surface area (Å²) in [5.41, 5.74) is 6.92. The Hall–Kier alpha value is -4.88. The lowest BCUT2D eigenvalue weighted by Crippen LogP contribution is -1.90. The van der Waals surface area contributed by atoms with E-state index in [9.17, 15) is 0 Å². The minimum Gasteiger partial charge on any atom is -0.456 e. The van der Waals surface area contributed by atoms with E-state index in [1.807, 2.05) is 12.1 Å². The largest absolute Gasteiger partial charge is 0.456 e. The van der Waals surface area contributed by atoms with Gasteiger partial charge >= 0.3 is 0 Å². The molecule has 1 heterocycles. The van der Waals surface area contributed by atoms with Gasteiger partial charge in [0.1, 0.15) is 11.3 Å². The predicted molar refractivity (Wildman–Crippen MR) is 156 cm³/mol. The van der Waals surface area contributed by atoms with E-state index >= 15 is 0 Å². The third-order valence-corrected chi connectivity index (χ3v) is 7.64. The molecule has 1 heteroatoms. The van der Waals surface area contributed by atoms with Gasteiger partial charge in [-0.2, -0.15) is 0 Å². The molecule has 0 amide bonds. The van der Waals surface area contributed by atoms with Crippen LogP contribution in [0.15, 0.2) is 138 Å². The quantitative estimate of drug-likeness (QED) is 0.234. The normalized spacial score (nSPS) is 11.8. The monoisotopic (exact) mass is 470 g/mol. The maximum absolute atomic E-state index is 6.41. The first kappa shape index (κ1) is 20.3. The van der Waals surface area contributed by atoms with Crippen molar-refractivity contribution in [3.63, 3.8) is 0 Å². The molecule has 8 rings (SSSR count). The summed E-state index contributed by atoms with van der Waals surface area (Å²) in [6, 6.07) is 47.8. The van der Waals surface area contributed by atoms with Gasteiger partial charge in [-0.3, -0.25) is 0 Å². The highest BCUT2D eigenvalue weighted by molar-refractivity contribution is 6.28. The van der Waals surface area contributed by atoms with E-state index in [-0.39, 0.29) is 0 Å². The lowest BCUT2D eigenvalue weighted by Gasteiger charge is -2.17. The van der Waals surface area contributed by atoms with Crippen molar-refractivity contribution in [3.8, 4) is 33.6 Å². The molecule has 0 N–H and O–H groups in total. The van der Waals surface area contributed by atoms with Crippen LogP contribution in [0.2, 0.25) is 0 Å². The summed E-state index contributed by atoms with van der Waals surface area (Å²) in [5.74, 6) is 0.904. The van der Waals surface area contributed by atoms with Crippen LogP contribution in [0.3, 0.4) is 0 Å². The van der Waals surface area contributed by atoms with Crippen LogP contribution in [0.1, 0.15) is 0 Å². The van der Waals surface area contributed by atoms with Crippen LogP contribution in [-0.4, -0.2) is 0 Å². The molecule has 0 fully saturated rings. The zero-order valence-electron chi connectivity index (χ0n) is 20.1. The number of para-hydroxylation sites is 1. The average molecular weight is 471 g/mol. The zero-order chi connectivity index (χ0) is 24.3. The van der Waals surface area contributed by atoms with Crippen LogP contribution in [0.4, 0.5) is 0 Å². The molecular formula is C36H22O. The number of rotatable bonds is 3. The summed E-state index contributed by atoms with van der Waals surface area (Å²) < 4.78 is 6.41. The Morgan fingerprint density at radius 2 is 1.00 bits per heavy atom. The van der Waals surface area contributed by atoms with Gasteiger partial charge in [-0.1, -0.05) is 115 Å². The SMILES string of the molecule is c1ccc(-c2ccc(-c3cc(-c4cc5ccccc5o4)c4ccc5cccc6ccc3c4c65)cc2)cc1. The standard InChI is InChI=1S/C36H22O/c1-2-7-23(8-3-1)24-13-15-25(16-14-24)31-22-32(34-21-28-9-4-5-12-33(28)37-34)30-20-18-27-11-6-10-26-17-19-29(31)36(30)35(26)27/h1-22H. The van der Waals surface area contributed by atoms with Crippen LogP contribution < -0.4 is 0 Å². The zero-order valence-corrected chi connectivity index (χ0v) is 20.1. The molecule has 0 radical (unpaired) electrons. The number of fused-ring (bicyclic) bond motifs is 1. The fourth-order valence-electron chi connectivity index (χ4n) is 5.86. The molecule has 8 aromatic rings. The Morgan fingerprint density at radius 1 is 0.378 bits per heavy atom. The van der Waals surface area contributed by atoms with E-state index in [0.717, 1.165) is 22.3 Å². The molecule has 0 spiro atoms. The topological polar surface area (TPSA) is 13.1 Å². The maximum Gasteiger partial charge on any atom is 0.136 e. The first-order valence-electron chi connectivity index (χ1n) is 12.7. The minimum atomic E-state index is 0.904. The Balaban J connectivity index is 1.44. The van der Waals surface area contributed by atoms with E-state index in [0.29, 0.717) is 0 Å². The van der Waals surface area contributed by atoms with Crippen LogP contribution in [0.25, 0.3) is 76.9 Å². The highest BCUT2D eigenvalue weighted by Crippen LogP contribution is 2.45. The smallest absolute Gasteiger partial charge is 0.136 e. The van der Waals surface area contributed by atoms with E-state index in [4.69, 9.17) is 4.42 Å². The highest BCUT2D eigenvalue weighted by atomic mass is 16.3. The number of hydrogen-bond acceptors (Lipinski definition) is 1. The Bertz CT molecular complexity index is 2010. The lowest BCUT2D eigenvalue weighted by atomic mass is 9.86. The summed E-state index contributed by atoms with van der Waals surface area (Å²) in [6.45, 7) is 0. The van der Waals surface area contributed by atoms with Gasteiger partial charge in [-0.25, -0.2) is 0 Å². The van der Waals surface area contributed by atoms with E-state index in [1.54, 1.807) is 0 Å². The predicted octanol–water partition coefficient (Wildman–Crippen LogP) is 10.3. The van der Waals surface area contributed by atoms with Gasteiger partial charge in [0.2, 0.25) is 0 Å². The van der Waals surface area contributed by atoms with Crippen LogP contribution in [0.5, 0.6) is 0 Å². The van der Waals surface area contributed by atoms with Crippen molar-refractivity contribution in [1.82, 2.24) is 0 Å². The molecule has 7 aromatic carbocycles. The molecule has 0 unspecified atom stereocenters. The fraction of sp³-hybridized carbons (Fsp3) is 0. The summed E-state index contributed by atoms with van der Waals surface area (Å²) in [7, 11) is 0. The first-order chi connectivity index (χ1) is 18.3. The van der Waals surface area contributed by atoms with Crippen molar-refractivity contribution in [3.05, 3.63) is 133 Å². The van der Waals surface area contributed by atoms with Crippen molar-refractivity contribution in [1.29, 1.82) is 0 Å². The van der Waals surface area contributed by atoms with Crippen molar-refractivity contribution in [2.75, 3.05) is 0 Å². The van der Waals surface area contributed by atoms with Crippen LogP contribution >= 0.6 is 0 Å². The second kappa shape index (κ2) is 7.81. The van der Waals surface area contributed by atoms with Crippen LogP contribution in [0, 0.1) is 0 Å². The highest BCUT2D eigenvalue weighted by Gasteiger charge is 2.18. The van der Waals surface area contributed by atoms with E-state index in [1.165, 1.54) is 54.6 Å². The van der Waals surface area contributed by atoms with Crippen molar-refractivity contribution in [2.24, 2.45) is 0 Å². The minimum absolute atomic E-state index is 0.904. The molecule has 1 aromatic heterocycles. The molecule has 0 aliphatic carbocycles.